The van der Waals surface area contributed by atoms with Crippen molar-refractivity contribution in [3.8, 4) is 0 Å². The Kier molecular flexibility index (Phi) is 13.7. The van der Waals surface area contributed by atoms with Crippen molar-refractivity contribution >= 4 is 68.8 Å². The monoisotopic (exact) mass is 654 g/mol. The van der Waals surface area contributed by atoms with Crippen molar-refractivity contribution in [2.45, 2.75) is 36.0 Å². The second-order valence-electron chi connectivity index (χ2n) is 8.79. The number of halogens is 3. The van der Waals surface area contributed by atoms with Gasteiger partial charge in [0.05, 0.1) is 4.90 Å². The van der Waals surface area contributed by atoms with Crippen LogP contribution in [0.25, 0.3) is 10.8 Å². The normalized spacial score (nSPS) is 12.7. The number of carboxylic acids is 3. The number of carboxylic acid groups (broad SMARTS) is 3. The number of hydrogen-bond acceptors (Lipinski definition) is 9. The van der Waals surface area contributed by atoms with Crippen LogP contribution in [0.2, 0.25) is 0 Å². The molecule has 0 unspecified atom stereocenters. The van der Waals surface area contributed by atoms with E-state index in [0.717, 1.165) is 5.69 Å². The van der Waals surface area contributed by atoms with Gasteiger partial charge in [-0.25, -0.2) is 13.2 Å². The summed E-state index contributed by atoms with van der Waals surface area (Å²) in [5.74, 6) is -7.15. The van der Waals surface area contributed by atoms with Crippen LogP contribution in [-0.2, 0) is 34.0 Å². The van der Waals surface area contributed by atoms with Crippen molar-refractivity contribution < 1.29 is 60.9 Å². The predicted molar refractivity (Wildman–Crippen MR) is 149 cm³/mol. The highest BCUT2D eigenvalue weighted by atomic mass is 32.2. The van der Waals surface area contributed by atoms with Gasteiger partial charge < -0.3 is 30.9 Å². The van der Waals surface area contributed by atoms with Gasteiger partial charge in [-0.2, -0.15) is 30.5 Å². The summed E-state index contributed by atoms with van der Waals surface area (Å²) in [5, 5.41) is 30.8. The Balaban J connectivity index is 0.00000117. The van der Waals surface area contributed by atoms with E-state index in [1.807, 2.05) is 25.1 Å². The molecule has 43 heavy (non-hydrogen) atoms. The maximum atomic E-state index is 13.1. The van der Waals surface area contributed by atoms with E-state index in [2.05, 4.69) is 28.0 Å². The van der Waals surface area contributed by atoms with Crippen LogP contribution in [0, 0.1) is 0 Å². The number of nitrogens with one attached hydrogen (secondary N) is 3. The third kappa shape index (κ3) is 11.6. The van der Waals surface area contributed by atoms with Crippen LogP contribution in [0.3, 0.4) is 0 Å². The van der Waals surface area contributed by atoms with Crippen molar-refractivity contribution in [1.82, 2.24) is 15.4 Å². The Bertz CT molecular complexity index is 1450. The number of nitrogens with zero attached hydrogens (tertiary/aromatic N) is 1. The number of carbonyl (C=O) groups excluding carboxylic acids is 2. The fourth-order valence-corrected chi connectivity index (χ4v) is 5.10. The minimum Gasteiger partial charge on any atom is -0.480 e. The van der Waals surface area contributed by atoms with Gasteiger partial charge >= 0.3 is 24.1 Å². The summed E-state index contributed by atoms with van der Waals surface area (Å²) in [4.78, 5) is 57.2. The molecule has 0 spiro atoms. The molecule has 19 heteroatoms. The Hall–Kier alpha value is -4.10. The molecule has 14 nitrogen and oxygen atoms in total. The van der Waals surface area contributed by atoms with Crippen LogP contribution in [0.4, 0.5) is 18.9 Å². The molecule has 0 radical (unpaired) electrons. The maximum absolute atomic E-state index is 13.1. The molecule has 6 N–H and O–H groups in total. The molecule has 2 amide bonds. The lowest BCUT2D eigenvalue weighted by Gasteiger charge is -2.19. The highest BCUT2D eigenvalue weighted by Crippen LogP contribution is 2.30. The van der Waals surface area contributed by atoms with Crippen molar-refractivity contribution in [2.24, 2.45) is 0 Å². The summed E-state index contributed by atoms with van der Waals surface area (Å²) >= 11 is 3.95. The lowest BCUT2D eigenvalue weighted by Crippen LogP contribution is -2.49. The van der Waals surface area contributed by atoms with Gasteiger partial charge in [0.1, 0.15) is 18.6 Å². The lowest BCUT2D eigenvalue weighted by molar-refractivity contribution is -0.192. The smallest absolute Gasteiger partial charge is 0.480 e. The summed E-state index contributed by atoms with van der Waals surface area (Å²) in [6, 6.07) is 7.04. The van der Waals surface area contributed by atoms with E-state index in [9.17, 15) is 45.9 Å². The number of sulfonamides is 1. The predicted octanol–water partition coefficient (Wildman–Crippen LogP) is 0.666. The van der Waals surface area contributed by atoms with E-state index >= 15 is 0 Å². The van der Waals surface area contributed by atoms with E-state index in [1.54, 1.807) is 24.3 Å². The van der Waals surface area contributed by atoms with Gasteiger partial charge in [-0.15, -0.1) is 0 Å². The Morgan fingerprint density at radius 1 is 0.953 bits per heavy atom. The number of aliphatic carboxylic acids is 3. The topological polar surface area (TPSA) is 220 Å². The first kappa shape index (κ1) is 36.9. The Morgan fingerprint density at radius 2 is 1.51 bits per heavy atom. The molecule has 2 aromatic carbocycles. The molecule has 0 saturated heterocycles. The average Bonchev–Trinajstić information content (AvgIpc) is 2.91. The molecule has 0 aliphatic carbocycles. The quantitative estimate of drug-likeness (QED) is 0.149. The van der Waals surface area contributed by atoms with Gasteiger partial charge in [0.15, 0.2) is 0 Å². The van der Waals surface area contributed by atoms with Crippen LogP contribution in [0.15, 0.2) is 41.3 Å². The summed E-state index contributed by atoms with van der Waals surface area (Å²) in [6.45, 7) is -0.647. The molecule has 2 rings (SSSR count). The average molecular weight is 655 g/mol. The number of hydrogen-bond donors (Lipinski definition) is 7. The van der Waals surface area contributed by atoms with Gasteiger partial charge in [-0.1, -0.05) is 24.3 Å². The van der Waals surface area contributed by atoms with Crippen LogP contribution < -0.4 is 20.3 Å². The molecule has 238 valence electrons. The number of alkyl halides is 3. The molecule has 0 saturated carbocycles. The molecule has 0 heterocycles. The third-order valence-electron chi connectivity index (χ3n) is 5.38. The number of carbonyl (C=O) groups is 5. The molecule has 0 fully saturated rings. The van der Waals surface area contributed by atoms with Crippen LogP contribution >= 0.6 is 12.6 Å². The second kappa shape index (κ2) is 15.9. The van der Waals surface area contributed by atoms with E-state index in [4.69, 9.17) is 15.0 Å². The fourth-order valence-electron chi connectivity index (χ4n) is 3.39. The minimum absolute atomic E-state index is 0.107. The molecule has 2 aromatic rings. The van der Waals surface area contributed by atoms with Crippen molar-refractivity contribution in [2.75, 3.05) is 31.3 Å². The molecule has 0 aliphatic rings. The number of thiol groups is 1. The number of anilines is 1. The molecule has 0 bridgehead atoms. The first-order valence-electron chi connectivity index (χ1n) is 12.0. The van der Waals surface area contributed by atoms with Gasteiger partial charge in [0.25, 0.3) is 0 Å². The fraction of sp³-hybridized carbons (Fsp3) is 0.375. The standard InChI is InChI=1S/C22H28N4O8S2.C2HF3O2/c1-26(2)17-7-3-6-14-13(17)5-4-8-18(14)36(33,34)25-15(22(31)32)9-10-19(27)24-16(12-35)21(30)23-11-20(28)29;3-2(4,5)1(6)7/h3-8,15-16,25,35H,9-12H2,1-2H3,(H,23,30)(H,24,27)(H,28,29)(H,31,32);(H,6,7)/t15-,16-;/m0./s1. The van der Waals surface area contributed by atoms with Gasteiger partial charge in [0, 0.05) is 42.7 Å². The summed E-state index contributed by atoms with van der Waals surface area (Å²) in [5.41, 5.74) is 0.780. The lowest BCUT2D eigenvalue weighted by atomic mass is 10.1. The van der Waals surface area contributed by atoms with Gasteiger partial charge in [-0.05, 0) is 18.6 Å². The van der Waals surface area contributed by atoms with Crippen molar-refractivity contribution in [3.63, 3.8) is 0 Å². The minimum atomic E-state index is -5.08. The molecule has 0 aliphatic heterocycles. The molecule has 0 aromatic heterocycles. The van der Waals surface area contributed by atoms with Gasteiger partial charge in [-0.3, -0.25) is 19.2 Å². The number of rotatable bonds is 13. The largest absolute Gasteiger partial charge is 0.490 e. The zero-order chi connectivity index (χ0) is 33.1. The van der Waals surface area contributed by atoms with Gasteiger partial charge in [0.2, 0.25) is 21.8 Å². The number of fused-ring (bicyclic) bond motifs is 1. The first-order valence-corrected chi connectivity index (χ1v) is 14.1. The van der Waals surface area contributed by atoms with Crippen molar-refractivity contribution in [3.05, 3.63) is 36.4 Å². The van der Waals surface area contributed by atoms with Crippen molar-refractivity contribution in [1.29, 1.82) is 0 Å². The van der Waals surface area contributed by atoms with E-state index in [1.165, 1.54) is 6.07 Å². The molecule has 2 atom stereocenters. The Morgan fingerprint density at radius 3 is 2.00 bits per heavy atom. The van der Waals surface area contributed by atoms with E-state index in [-0.39, 0.29) is 10.6 Å². The molecular weight excluding hydrogens is 625 g/mol. The SMILES string of the molecule is CN(C)c1cccc2c(S(=O)(=O)N[C@@H](CCC(=O)N[C@@H](CS)C(=O)NCC(=O)O)C(=O)O)cccc12.O=C(O)C(F)(F)F. The highest BCUT2D eigenvalue weighted by molar-refractivity contribution is 7.89. The van der Waals surface area contributed by atoms with Crippen LogP contribution in [-0.4, -0.2) is 98.1 Å². The zero-order valence-electron chi connectivity index (χ0n) is 22.6. The van der Waals surface area contributed by atoms with E-state index < -0.39 is 77.4 Å². The first-order chi connectivity index (χ1) is 19.8. The number of amides is 2. The summed E-state index contributed by atoms with van der Waals surface area (Å²) < 4.78 is 60.1. The molecular formula is C24H29F3N4O10S2. The number of benzene rings is 2. The Labute approximate surface area is 248 Å². The van der Waals surface area contributed by atoms with Crippen LogP contribution in [0.5, 0.6) is 0 Å². The highest BCUT2D eigenvalue weighted by Gasteiger charge is 2.38. The third-order valence-corrected chi connectivity index (χ3v) is 7.27. The second-order valence-corrected chi connectivity index (χ2v) is 10.8. The van der Waals surface area contributed by atoms with Crippen LogP contribution in [0.1, 0.15) is 12.8 Å². The van der Waals surface area contributed by atoms with E-state index in [0.29, 0.717) is 10.8 Å². The maximum Gasteiger partial charge on any atom is 0.490 e. The summed E-state index contributed by atoms with van der Waals surface area (Å²) in [7, 11) is -0.665. The summed E-state index contributed by atoms with van der Waals surface area (Å²) in [6.07, 6.45) is -5.90. The zero-order valence-corrected chi connectivity index (χ0v) is 24.3.